The van der Waals surface area contributed by atoms with Crippen LogP contribution in [0.25, 0.3) is 22.3 Å². The number of aromatic nitrogens is 5. The van der Waals surface area contributed by atoms with Gasteiger partial charge in [-0.15, -0.1) is 5.10 Å². The Morgan fingerprint density at radius 1 is 1.12 bits per heavy atom. The third-order valence-electron chi connectivity index (χ3n) is 3.91. The molecule has 0 spiro atoms. The Labute approximate surface area is 158 Å². The smallest absolute Gasteiger partial charge is 0.258 e. The van der Waals surface area contributed by atoms with Gasteiger partial charge in [0, 0.05) is 10.6 Å². The van der Waals surface area contributed by atoms with Gasteiger partial charge in [0.15, 0.2) is 5.82 Å². The summed E-state index contributed by atoms with van der Waals surface area (Å²) in [6.07, 6.45) is 0. The predicted octanol–water partition coefficient (Wildman–Crippen LogP) is 3.96. The number of fused-ring (bicyclic) bond motifs is 1. The summed E-state index contributed by atoms with van der Waals surface area (Å²) in [5, 5.41) is 8.97. The number of H-pyrrole nitrogens is 2. The van der Waals surface area contributed by atoms with E-state index in [2.05, 4.69) is 25.1 Å². The highest BCUT2D eigenvalue weighted by Crippen LogP contribution is 2.23. The van der Waals surface area contributed by atoms with E-state index in [0.29, 0.717) is 33.0 Å². The molecule has 2 aromatic heterocycles. The van der Waals surface area contributed by atoms with Gasteiger partial charge in [-0.25, -0.2) is 9.97 Å². The Morgan fingerprint density at radius 3 is 2.73 bits per heavy atom. The van der Waals surface area contributed by atoms with Crippen molar-refractivity contribution in [3.8, 4) is 11.4 Å². The fraction of sp³-hybridized carbons (Fsp3) is 0.111. The molecule has 4 aromatic rings. The molecule has 26 heavy (non-hydrogen) atoms. The summed E-state index contributed by atoms with van der Waals surface area (Å²) in [5.74, 6) is 1.73. The molecule has 6 nitrogen and oxygen atoms in total. The molecule has 0 aliphatic carbocycles. The number of nitrogens with zero attached hydrogens (tertiary/aromatic N) is 3. The van der Waals surface area contributed by atoms with Crippen molar-refractivity contribution in [2.24, 2.45) is 0 Å². The summed E-state index contributed by atoms with van der Waals surface area (Å²) < 4.78 is 0. The molecular formula is C18H14ClN5OS. The molecule has 0 bridgehead atoms. The van der Waals surface area contributed by atoms with E-state index in [-0.39, 0.29) is 5.56 Å². The zero-order chi connectivity index (χ0) is 18.1. The zero-order valence-electron chi connectivity index (χ0n) is 13.8. The van der Waals surface area contributed by atoms with Crippen molar-refractivity contribution in [2.45, 2.75) is 17.8 Å². The van der Waals surface area contributed by atoms with Gasteiger partial charge in [0.2, 0.25) is 5.16 Å². The number of rotatable bonds is 4. The first kappa shape index (κ1) is 16.8. The lowest BCUT2D eigenvalue weighted by atomic mass is 10.1. The Morgan fingerprint density at radius 2 is 1.92 bits per heavy atom. The summed E-state index contributed by atoms with van der Waals surface area (Å²) in [7, 11) is 0. The summed E-state index contributed by atoms with van der Waals surface area (Å²) in [5.41, 5.74) is 2.47. The number of hydrogen-bond donors (Lipinski definition) is 2. The maximum absolute atomic E-state index is 12.2. The van der Waals surface area contributed by atoms with Crippen molar-refractivity contribution < 1.29 is 0 Å². The van der Waals surface area contributed by atoms with Crippen LogP contribution in [0.5, 0.6) is 0 Å². The lowest BCUT2D eigenvalue weighted by Gasteiger charge is -2.03. The second kappa shape index (κ2) is 6.93. The van der Waals surface area contributed by atoms with Crippen LogP contribution in [-0.4, -0.2) is 25.1 Å². The quantitative estimate of drug-likeness (QED) is 0.521. The first-order chi connectivity index (χ1) is 12.6. The number of thioether (sulfide) groups is 1. The number of aromatic amines is 2. The molecule has 2 heterocycles. The first-order valence-corrected chi connectivity index (χ1v) is 9.26. The normalized spacial score (nSPS) is 11.2. The Kier molecular flexibility index (Phi) is 4.48. The van der Waals surface area contributed by atoms with E-state index in [1.165, 1.54) is 11.8 Å². The highest BCUT2D eigenvalue weighted by Gasteiger charge is 2.09. The van der Waals surface area contributed by atoms with Gasteiger partial charge in [-0.05, 0) is 42.8 Å². The van der Waals surface area contributed by atoms with Crippen molar-refractivity contribution >= 4 is 34.3 Å². The lowest BCUT2D eigenvalue weighted by Crippen LogP contribution is -2.11. The molecule has 0 aliphatic heterocycles. The number of para-hydroxylation sites is 1. The molecule has 0 saturated heterocycles. The van der Waals surface area contributed by atoms with Gasteiger partial charge in [0.25, 0.3) is 5.56 Å². The van der Waals surface area contributed by atoms with E-state index in [0.717, 1.165) is 16.6 Å². The van der Waals surface area contributed by atoms with Gasteiger partial charge >= 0.3 is 0 Å². The Balaban J connectivity index is 1.54. The van der Waals surface area contributed by atoms with Crippen LogP contribution in [0.3, 0.4) is 0 Å². The number of hydrogen-bond acceptors (Lipinski definition) is 5. The fourth-order valence-corrected chi connectivity index (χ4v) is 3.40. The second-order valence-electron chi connectivity index (χ2n) is 5.75. The Bertz CT molecular complexity index is 1140. The zero-order valence-corrected chi connectivity index (χ0v) is 15.4. The molecule has 8 heteroatoms. The Hall–Kier alpha value is -2.64. The minimum Gasteiger partial charge on any atom is -0.309 e. The maximum Gasteiger partial charge on any atom is 0.258 e. The minimum absolute atomic E-state index is 0.133. The number of halogens is 1. The molecule has 0 aliphatic rings. The second-order valence-corrected chi connectivity index (χ2v) is 7.12. The number of nitrogens with one attached hydrogen (secondary N) is 2. The van der Waals surface area contributed by atoms with Gasteiger partial charge in [-0.2, -0.15) is 0 Å². The van der Waals surface area contributed by atoms with E-state index in [9.17, 15) is 4.79 Å². The van der Waals surface area contributed by atoms with Crippen LogP contribution in [0, 0.1) is 6.92 Å². The standard InChI is InChI=1S/C18H14ClN5OS/c1-10-3-2-4-13-15(10)20-14(21-17(13)25)9-26-18-22-16(23-24-18)11-5-7-12(19)8-6-11/h2-8H,9H2,1H3,(H,20,21,25)(H,22,23,24). The van der Waals surface area contributed by atoms with E-state index in [1.54, 1.807) is 18.2 Å². The summed E-state index contributed by atoms with van der Waals surface area (Å²) in [4.78, 5) is 24.1. The summed E-state index contributed by atoms with van der Waals surface area (Å²) in [6.45, 7) is 1.94. The van der Waals surface area contributed by atoms with Crippen LogP contribution in [-0.2, 0) is 5.75 Å². The van der Waals surface area contributed by atoms with E-state index in [4.69, 9.17) is 11.6 Å². The van der Waals surface area contributed by atoms with Crippen LogP contribution >= 0.6 is 23.4 Å². The van der Waals surface area contributed by atoms with Crippen LogP contribution < -0.4 is 5.56 Å². The topological polar surface area (TPSA) is 87.3 Å². The van der Waals surface area contributed by atoms with Crippen molar-refractivity contribution in [2.75, 3.05) is 0 Å². The molecule has 2 N–H and O–H groups in total. The SMILES string of the molecule is Cc1cccc2c(=O)[nH]c(CSc3n[nH]c(-c4ccc(Cl)cc4)n3)nc12. The highest BCUT2D eigenvalue weighted by atomic mass is 35.5. The van der Waals surface area contributed by atoms with Crippen molar-refractivity contribution in [1.29, 1.82) is 0 Å². The van der Waals surface area contributed by atoms with Gasteiger partial charge in [-0.1, -0.05) is 35.5 Å². The highest BCUT2D eigenvalue weighted by molar-refractivity contribution is 7.98. The van der Waals surface area contributed by atoms with E-state index >= 15 is 0 Å². The molecule has 0 unspecified atom stereocenters. The average molecular weight is 384 g/mol. The maximum atomic E-state index is 12.2. The molecule has 130 valence electrons. The van der Waals surface area contributed by atoms with Crippen LogP contribution in [0.2, 0.25) is 5.02 Å². The van der Waals surface area contributed by atoms with Gasteiger partial charge in [0.05, 0.1) is 16.7 Å². The first-order valence-electron chi connectivity index (χ1n) is 7.90. The molecule has 0 amide bonds. The van der Waals surface area contributed by atoms with Crippen molar-refractivity contribution in [3.63, 3.8) is 0 Å². The predicted molar refractivity (Wildman–Crippen MR) is 103 cm³/mol. The van der Waals surface area contributed by atoms with E-state index in [1.807, 2.05) is 31.2 Å². The molecule has 4 rings (SSSR count). The largest absolute Gasteiger partial charge is 0.309 e. The van der Waals surface area contributed by atoms with E-state index < -0.39 is 0 Å². The van der Waals surface area contributed by atoms with Crippen LogP contribution in [0.15, 0.2) is 52.4 Å². The third kappa shape index (κ3) is 3.36. The minimum atomic E-state index is -0.133. The molecule has 0 saturated carbocycles. The molecule has 2 aromatic carbocycles. The van der Waals surface area contributed by atoms with Crippen LogP contribution in [0.1, 0.15) is 11.4 Å². The summed E-state index contributed by atoms with van der Waals surface area (Å²) >= 11 is 7.30. The van der Waals surface area contributed by atoms with Crippen molar-refractivity contribution in [1.82, 2.24) is 25.1 Å². The number of benzene rings is 2. The average Bonchev–Trinajstić information content (AvgIpc) is 3.10. The lowest BCUT2D eigenvalue weighted by molar-refractivity contribution is 0.965. The van der Waals surface area contributed by atoms with Crippen LogP contribution in [0.4, 0.5) is 0 Å². The van der Waals surface area contributed by atoms with Gasteiger partial charge in [0.1, 0.15) is 5.82 Å². The molecule has 0 atom stereocenters. The molecule has 0 fully saturated rings. The summed E-state index contributed by atoms with van der Waals surface area (Å²) in [6, 6.07) is 12.9. The number of aryl methyl sites for hydroxylation is 1. The third-order valence-corrected chi connectivity index (χ3v) is 5.02. The van der Waals surface area contributed by atoms with Gasteiger partial charge < -0.3 is 4.98 Å². The molecule has 0 radical (unpaired) electrons. The van der Waals surface area contributed by atoms with Crippen molar-refractivity contribution in [3.05, 3.63) is 69.2 Å². The monoisotopic (exact) mass is 383 g/mol. The fourth-order valence-electron chi connectivity index (χ4n) is 2.60. The van der Waals surface area contributed by atoms with Gasteiger partial charge in [-0.3, -0.25) is 9.89 Å². The molecular weight excluding hydrogens is 370 g/mol.